The highest BCUT2D eigenvalue weighted by Crippen LogP contribution is 2.38. The van der Waals surface area contributed by atoms with Gasteiger partial charge in [0.15, 0.2) is 16.6 Å². The van der Waals surface area contributed by atoms with Crippen LogP contribution in [0.15, 0.2) is 41.8 Å². The predicted molar refractivity (Wildman–Crippen MR) is 117 cm³/mol. The first-order chi connectivity index (χ1) is 15.2. The fourth-order valence-electron chi connectivity index (χ4n) is 4.01. The number of carbonyl (C=O) groups excluding carboxylic acids is 2. The Bertz CT molecular complexity index is 1220. The van der Waals surface area contributed by atoms with E-state index in [1.165, 1.54) is 16.9 Å². The van der Waals surface area contributed by atoms with Gasteiger partial charge in [0.05, 0.1) is 5.69 Å². The lowest BCUT2D eigenvalue weighted by molar-refractivity contribution is -0.119. The van der Waals surface area contributed by atoms with Gasteiger partial charge in [-0.3, -0.25) is 14.9 Å². The molecule has 156 valence electrons. The van der Waals surface area contributed by atoms with Crippen molar-refractivity contribution in [2.24, 2.45) is 5.92 Å². The van der Waals surface area contributed by atoms with Gasteiger partial charge in [-0.25, -0.2) is 4.98 Å². The highest BCUT2D eigenvalue weighted by Gasteiger charge is 2.36. The molecule has 0 saturated heterocycles. The zero-order valence-corrected chi connectivity index (χ0v) is 17.4. The summed E-state index contributed by atoms with van der Waals surface area (Å²) in [5.74, 6) is 1.44. The Labute approximate surface area is 182 Å². The summed E-state index contributed by atoms with van der Waals surface area (Å²) in [7, 11) is 0. The van der Waals surface area contributed by atoms with Crippen LogP contribution in [0.1, 0.15) is 28.8 Å². The number of aromatic nitrogens is 1. The molecule has 2 amide bonds. The molecule has 6 rings (SSSR count). The summed E-state index contributed by atoms with van der Waals surface area (Å²) in [6.07, 6.45) is 2.89. The molecule has 0 atom stereocenters. The third-order valence-electron chi connectivity index (χ3n) is 5.82. The van der Waals surface area contributed by atoms with E-state index in [1.807, 2.05) is 22.4 Å². The molecule has 1 N–H and O–H groups in total. The minimum absolute atomic E-state index is 0.170. The van der Waals surface area contributed by atoms with Crippen molar-refractivity contribution in [3.63, 3.8) is 0 Å². The average molecular weight is 433 g/mol. The van der Waals surface area contributed by atoms with Crippen LogP contribution in [0.3, 0.4) is 0 Å². The Morgan fingerprint density at radius 3 is 2.84 bits per heavy atom. The van der Waals surface area contributed by atoms with Crippen molar-refractivity contribution >= 4 is 34.0 Å². The Hall–Kier alpha value is -3.39. The molecule has 3 aromatic rings. The van der Waals surface area contributed by atoms with E-state index in [0.717, 1.165) is 42.8 Å². The first kappa shape index (κ1) is 18.4. The molecule has 0 bridgehead atoms. The number of hydrogen-bond acceptors (Lipinski definition) is 6. The molecule has 1 aliphatic carbocycles. The van der Waals surface area contributed by atoms with Gasteiger partial charge in [0.1, 0.15) is 0 Å². The quantitative estimate of drug-likeness (QED) is 0.670. The normalized spacial score (nSPS) is 16.3. The maximum Gasteiger partial charge on any atom is 0.257 e. The van der Waals surface area contributed by atoms with Crippen LogP contribution in [0.5, 0.6) is 11.5 Å². The highest BCUT2D eigenvalue weighted by molar-refractivity contribution is 7.14. The first-order valence-corrected chi connectivity index (χ1v) is 11.1. The molecule has 8 heteroatoms. The smallest absolute Gasteiger partial charge is 0.257 e. The van der Waals surface area contributed by atoms with Crippen LogP contribution in [-0.4, -0.2) is 30.1 Å². The van der Waals surface area contributed by atoms with Gasteiger partial charge in [-0.1, -0.05) is 6.07 Å². The zero-order valence-electron chi connectivity index (χ0n) is 16.6. The van der Waals surface area contributed by atoms with Gasteiger partial charge < -0.3 is 14.4 Å². The van der Waals surface area contributed by atoms with Crippen LogP contribution in [0.4, 0.5) is 10.8 Å². The van der Waals surface area contributed by atoms with Gasteiger partial charge in [-0.2, -0.15) is 0 Å². The number of carbonyl (C=O) groups is 2. The molecular weight excluding hydrogens is 414 g/mol. The Morgan fingerprint density at radius 2 is 1.97 bits per heavy atom. The van der Waals surface area contributed by atoms with Crippen LogP contribution in [0, 0.1) is 5.92 Å². The van der Waals surface area contributed by atoms with E-state index in [0.29, 0.717) is 22.2 Å². The fraction of sp³-hybridized carbons (Fsp3) is 0.261. The monoisotopic (exact) mass is 433 g/mol. The number of benzene rings is 2. The number of nitrogens with zero attached hydrogens (tertiary/aromatic N) is 2. The van der Waals surface area contributed by atoms with Gasteiger partial charge >= 0.3 is 0 Å². The fourth-order valence-corrected chi connectivity index (χ4v) is 4.73. The zero-order chi connectivity index (χ0) is 20.9. The molecule has 0 radical (unpaired) electrons. The molecule has 2 aliphatic heterocycles. The third kappa shape index (κ3) is 3.33. The molecule has 1 fully saturated rings. The lowest BCUT2D eigenvalue weighted by atomic mass is 10.1. The second-order valence-electron chi connectivity index (χ2n) is 7.92. The number of ether oxygens (including phenoxy) is 2. The molecular formula is C23H19N3O4S. The standard InChI is InChI=1S/C23H19N3O4S/c27-21(16-4-6-19-20(10-16)30-12-29-19)25-23-24-17(11-31-23)14-3-5-18-15(9-14)7-8-26(18)22(28)13-1-2-13/h3-6,9-11,13H,1-2,7-8,12H2,(H,24,25,27). The predicted octanol–water partition coefficient (Wildman–Crippen LogP) is 4.09. The molecule has 31 heavy (non-hydrogen) atoms. The van der Waals surface area contributed by atoms with E-state index in [2.05, 4.69) is 16.4 Å². The van der Waals surface area contributed by atoms with E-state index in [9.17, 15) is 9.59 Å². The van der Waals surface area contributed by atoms with Crippen molar-refractivity contribution in [2.45, 2.75) is 19.3 Å². The number of anilines is 2. The van der Waals surface area contributed by atoms with Crippen molar-refractivity contribution in [3.05, 3.63) is 52.9 Å². The first-order valence-electron chi connectivity index (χ1n) is 10.3. The molecule has 2 aromatic carbocycles. The summed E-state index contributed by atoms with van der Waals surface area (Å²) >= 11 is 1.38. The molecule has 0 unspecified atom stereocenters. The number of amides is 2. The Morgan fingerprint density at radius 1 is 1.10 bits per heavy atom. The summed E-state index contributed by atoms with van der Waals surface area (Å²) < 4.78 is 10.6. The maximum atomic E-state index is 12.6. The Kier molecular flexibility index (Phi) is 4.21. The van der Waals surface area contributed by atoms with Crippen LogP contribution in [0.2, 0.25) is 0 Å². The summed E-state index contributed by atoms with van der Waals surface area (Å²) in [4.78, 5) is 31.6. The second kappa shape index (κ2) is 7.09. The molecule has 3 heterocycles. The number of nitrogens with one attached hydrogen (secondary N) is 1. The minimum atomic E-state index is -0.248. The lowest BCUT2D eigenvalue weighted by Crippen LogP contribution is -2.30. The van der Waals surface area contributed by atoms with Crippen LogP contribution < -0.4 is 19.7 Å². The maximum absolute atomic E-state index is 12.6. The van der Waals surface area contributed by atoms with Crippen LogP contribution in [0.25, 0.3) is 11.3 Å². The van der Waals surface area contributed by atoms with Gasteiger partial charge in [0, 0.05) is 34.7 Å². The third-order valence-corrected chi connectivity index (χ3v) is 6.58. The van der Waals surface area contributed by atoms with E-state index in [-0.39, 0.29) is 24.5 Å². The highest BCUT2D eigenvalue weighted by atomic mass is 32.1. The van der Waals surface area contributed by atoms with Crippen molar-refractivity contribution in [2.75, 3.05) is 23.6 Å². The number of fused-ring (bicyclic) bond motifs is 2. The molecule has 7 nitrogen and oxygen atoms in total. The molecule has 1 aromatic heterocycles. The van der Waals surface area contributed by atoms with E-state index in [1.54, 1.807) is 18.2 Å². The number of thiazole rings is 1. The van der Waals surface area contributed by atoms with Gasteiger partial charge in [0.2, 0.25) is 12.7 Å². The number of rotatable bonds is 4. The van der Waals surface area contributed by atoms with Crippen LogP contribution >= 0.6 is 11.3 Å². The SMILES string of the molecule is O=C(Nc1nc(-c2ccc3c(c2)CCN3C(=O)C2CC2)cs1)c1ccc2c(c1)OCO2. The largest absolute Gasteiger partial charge is 0.454 e. The summed E-state index contributed by atoms with van der Waals surface area (Å²) in [5, 5.41) is 5.31. The molecule has 0 spiro atoms. The van der Waals surface area contributed by atoms with Crippen molar-refractivity contribution < 1.29 is 19.1 Å². The van der Waals surface area contributed by atoms with Gasteiger partial charge in [-0.15, -0.1) is 11.3 Å². The summed E-state index contributed by atoms with van der Waals surface area (Å²) in [5.41, 5.74) is 4.47. The van der Waals surface area contributed by atoms with E-state index >= 15 is 0 Å². The Balaban J connectivity index is 1.19. The number of hydrogen-bond donors (Lipinski definition) is 1. The van der Waals surface area contributed by atoms with Crippen molar-refractivity contribution in [1.82, 2.24) is 4.98 Å². The van der Waals surface area contributed by atoms with Crippen LogP contribution in [-0.2, 0) is 11.2 Å². The van der Waals surface area contributed by atoms with E-state index < -0.39 is 0 Å². The van der Waals surface area contributed by atoms with E-state index in [4.69, 9.17) is 9.47 Å². The van der Waals surface area contributed by atoms with Gasteiger partial charge in [-0.05, 0) is 55.2 Å². The second-order valence-corrected chi connectivity index (χ2v) is 8.78. The van der Waals surface area contributed by atoms with Crippen molar-refractivity contribution in [1.29, 1.82) is 0 Å². The molecule has 3 aliphatic rings. The summed E-state index contributed by atoms with van der Waals surface area (Å²) in [6, 6.07) is 11.2. The lowest BCUT2D eigenvalue weighted by Gasteiger charge is -2.17. The minimum Gasteiger partial charge on any atom is -0.454 e. The molecule has 1 saturated carbocycles. The van der Waals surface area contributed by atoms with Crippen molar-refractivity contribution in [3.8, 4) is 22.8 Å². The summed E-state index contributed by atoms with van der Waals surface area (Å²) in [6.45, 7) is 0.922. The topological polar surface area (TPSA) is 80.8 Å². The van der Waals surface area contributed by atoms with Gasteiger partial charge in [0.25, 0.3) is 5.91 Å². The average Bonchev–Trinajstić information content (AvgIpc) is 3.17.